The van der Waals surface area contributed by atoms with Crippen molar-refractivity contribution in [3.05, 3.63) is 59.6 Å². The highest BCUT2D eigenvalue weighted by Gasteiger charge is 2.22. The van der Waals surface area contributed by atoms with E-state index in [1.54, 1.807) is 7.05 Å². The summed E-state index contributed by atoms with van der Waals surface area (Å²) in [7, 11) is 1.57. The Bertz CT molecular complexity index is 1040. The molecule has 0 aliphatic rings. The van der Waals surface area contributed by atoms with Crippen LogP contribution in [0.4, 0.5) is 18.9 Å². The topological polar surface area (TPSA) is 95.9 Å². The smallest absolute Gasteiger partial charge is 0.312 e. The van der Waals surface area contributed by atoms with Gasteiger partial charge in [-0.25, -0.2) is 13.8 Å². The lowest BCUT2D eigenvalue weighted by Crippen LogP contribution is -2.15. The fourth-order valence-electron chi connectivity index (χ4n) is 2.68. The van der Waals surface area contributed by atoms with Crippen LogP contribution < -0.4 is 5.73 Å². The zero-order chi connectivity index (χ0) is 20.4. The molecule has 3 heterocycles. The Balaban J connectivity index is 1.81. The fraction of sp³-hybridized carbons (Fsp3) is 0.222. The molecule has 1 atom stereocenters. The lowest BCUT2D eigenvalue weighted by molar-refractivity contribution is -0.148. The monoisotopic (exact) mass is 391 g/mol. The summed E-state index contributed by atoms with van der Waals surface area (Å²) in [6.45, 7) is 1.39. The lowest BCUT2D eigenvalue weighted by atomic mass is 10.1. The number of halogens is 3. The second-order valence-corrected chi connectivity index (χ2v) is 6.07. The molecule has 3 aromatic rings. The van der Waals surface area contributed by atoms with E-state index < -0.39 is 29.7 Å². The first-order chi connectivity index (χ1) is 13.3. The number of hydrogen-bond donors (Lipinski definition) is 1. The number of hydrogen-bond acceptors (Lipinski definition) is 6. The van der Waals surface area contributed by atoms with E-state index in [0.29, 0.717) is 11.3 Å². The van der Waals surface area contributed by atoms with E-state index in [1.807, 2.05) is 0 Å². The number of aromatic nitrogens is 4. The molecule has 0 aliphatic carbocycles. The van der Waals surface area contributed by atoms with Crippen molar-refractivity contribution in [3.8, 4) is 11.3 Å². The minimum atomic E-state index is -1.07. The molecule has 10 heteroatoms. The summed E-state index contributed by atoms with van der Waals surface area (Å²) >= 11 is 0. The number of anilines is 1. The van der Waals surface area contributed by atoms with Crippen LogP contribution in [0.1, 0.15) is 24.3 Å². The summed E-state index contributed by atoms with van der Waals surface area (Å²) in [6.07, 6.45) is 2.02. The number of pyridine rings is 2. The van der Waals surface area contributed by atoms with Gasteiger partial charge >= 0.3 is 5.97 Å². The molecule has 0 aromatic carbocycles. The Morgan fingerprint density at radius 2 is 1.96 bits per heavy atom. The highest BCUT2D eigenvalue weighted by Crippen LogP contribution is 2.26. The number of carbonyl (C=O) groups is 1. The molecule has 0 fully saturated rings. The second-order valence-electron chi connectivity index (χ2n) is 6.07. The number of ether oxygens (including phenoxy) is 1. The van der Waals surface area contributed by atoms with Crippen molar-refractivity contribution >= 4 is 11.7 Å². The number of carbonyl (C=O) groups excluding carboxylic acids is 1. The summed E-state index contributed by atoms with van der Waals surface area (Å²) < 4.78 is 47.8. The summed E-state index contributed by atoms with van der Waals surface area (Å²) in [5.74, 6) is -3.09. The maximum Gasteiger partial charge on any atom is 0.312 e. The van der Waals surface area contributed by atoms with Crippen LogP contribution in [0.3, 0.4) is 0 Å². The SMILES string of the molecule is C[C@@H](OC(=O)Cc1c(-c2ncc(N)cc2F)cnn1C)c1cc(F)cnc1F. The number of esters is 1. The molecule has 0 unspecified atom stereocenters. The van der Waals surface area contributed by atoms with E-state index in [4.69, 9.17) is 10.5 Å². The molecule has 2 N–H and O–H groups in total. The molecule has 0 aliphatic heterocycles. The van der Waals surface area contributed by atoms with E-state index in [2.05, 4.69) is 15.1 Å². The van der Waals surface area contributed by atoms with Gasteiger partial charge in [0.25, 0.3) is 0 Å². The van der Waals surface area contributed by atoms with Crippen LogP contribution in [0.5, 0.6) is 0 Å². The largest absolute Gasteiger partial charge is 0.457 e. The van der Waals surface area contributed by atoms with Gasteiger partial charge in [-0.1, -0.05) is 0 Å². The quantitative estimate of drug-likeness (QED) is 0.531. The molecule has 3 aromatic heterocycles. The third-order valence-electron chi connectivity index (χ3n) is 4.07. The van der Waals surface area contributed by atoms with E-state index in [-0.39, 0.29) is 23.4 Å². The molecular formula is C18H16F3N5O2. The van der Waals surface area contributed by atoms with Gasteiger partial charge in [-0.3, -0.25) is 14.5 Å². The summed E-state index contributed by atoms with van der Waals surface area (Å²) in [6, 6.07) is 2.02. The normalized spacial score (nSPS) is 12.0. The highest BCUT2D eigenvalue weighted by atomic mass is 19.1. The predicted molar refractivity (Wildman–Crippen MR) is 93.2 cm³/mol. The third kappa shape index (κ3) is 3.95. The first kappa shape index (κ1) is 19.3. The van der Waals surface area contributed by atoms with Crippen LogP contribution in [0.2, 0.25) is 0 Å². The Morgan fingerprint density at radius 3 is 2.68 bits per heavy atom. The first-order valence-electron chi connectivity index (χ1n) is 8.19. The Kier molecular flexibility index (Phi) is 5.30. The molecule has 3 rings (SSSR count). The Hall–Kier alpha value is -3.43. The van der Waals surface area contributed by atoms with Crippen molar-refractivity contribution in [1.29, 1.82) is 0 Å². The second kappa shape index (κ2) is 7.67. The highest BCUT2D eigenvalue weighted by molar-refractivity contribution is 5.76. The van der Waals surface area contributed by atoms with Gasteiger partial charge in [0.2, 0.25) is 5.95 Å². The van der Waals surface area contributed by atoms with Gasteiger partial charge in [-0.2, -0.15) is 9.49 Å². The van der Waals surface area contributed by atoms with E-state index in [9.17, 15) is 18.0 Å². The predicted octanol–water partition coefficient (Wildman–Crippen LogP) is 2.72. The summed E-state index contributed by atoms with van der Waals surface area (Å²) in [4.78, 5) is 19.5. The number of aryl methyl sites for hydroxylation is 1. The molecule has 0 spiro atoms. The van der Waals surface area contributed by atoms with Crippen molar-refractivity contribution in [2.45, 2.75) is 19.4 Å². The van der Waals surface area contributed by atoms with Crippen LogP contribution >= 0.6 is 0 Å². The van der Waals surface area contributed by atoms with Crippen LogP contribution in [0, 0.1) is 17.6 Å². The van der Waals surface area contributed by atoms with E-state index in [0.717, 1.165) is 18.3 Å². The van der Waals surface area contributed by atoms with Crippen LogP contribution in [-0.2, 0) is 23.0 Å². The van der Waals surface area contributed by atoms with Gasteiger partial charge in [0.15, 0.2) is 5.82 Å². The van der Waals surface area contributed by atoms with Crippen molar-refractivity contribution < 1.29 is 22.7 Å². The van der Waals surface area contributed by atoms with E-state index in [1.165, 1.54) is 24.0 Å². The zero-order valence-corrected chi connectivity index (χ0v) is 15.0. The van der Waals surface area contributed by atoms with Crippen LogP contribution in [0.25, 0.3) is 11.3 Å². The lowest BCUT2D eigenvalue weighted by Gasteiger charge is -2.14. The molecule has 0 radical (unpaired) electrons. The van der Waals surface area contributed by atoms with Crippen LogP contribution in [-0.4, -0.2) is 25.7 Å². The number of nitrogen functional groups attached to an aromatic ring is 1. The Labute approximate surface area is 158 Å². The number of nitrogens with two attached hydrogens (primary N) is 1. The molecule has 7 nitrogen and oxygen atoms in total. The molecule has 0 bridgehead atoms. The van der Waals surface area contributed by atoms with Gasteiger partial charge < -0.3 is 10.5 Å². The zero-order valence-electron chi connectivity index (χ0n) is 15.0. The van der Waals surface area contributed by atoms with Crippen molar-refractivity contribution in [1.82, 2.24) is 19.7 Å². The molecule has 0 saturated heterocycles. The molecule has 146 valence electrons. The summed E-state index contributed by atoms with van der Waals surface area (Å²) in [5, 5.41) is 4.02. The molecule has 28 heavy (non-hydrogen) atoms. The van der Waals surface area contributed by atoms with E-state index >= 15 is 0 Å². The first-order valence-corrected chi connectivity index (χ1v) is 8.19. The third-order valence-corrected chi connectivity index (χ3v) is 4.07. The van der Waals surface area contributed by atoms with Gasteiger partial charge in [-0.05, 0) is 13.0 Å². The molecule has 0 amide bonds. The molecular weight excluding hydrogens is 375 g/mol. The number of nitrogens with zero attached hydrogens (tertiary/aromatic N) is 4. The average molecular weight is 391 g/mol. The average Bonchev–Trinajstić information content (AvgIpc) is 2.97. The minimum Gasteiger partial charge on any atom is -0.457 e. The Morgan fingerprint density at radius 1 is 1.21 bits per heavy atom. The van der Waals surface area contributed by atoms with Crippen molar-refractivity contribution in [2.75, 3.05) is 5.73 Å². The standard InChI is InChI=1S/C18H16F3N5O2/c1-9(12-3-10(19)6-24-18(12)21)28-16(27)5-15-13(8-25-26(15)2)17-14(20)4-11(22)7-23-17/h3-4,6-9H,5,22H2,1-2H3/t9-/m1/s1. The van der Waals surface area contributed by atoms with Crippen molar-refractivity contribution in [3.63, 3.8) is 0 Å². The summed E-state index contributed by atoms with van der Waals surface area (Å²) in [5.41, 5.74) is 6.09. The minimum absolute atomic E-state index is 0.0153. The maximum absolute atomic E-state index is 14.2. The molecule has 0 saturated carbocycles. The van der Waals surface area contributed by atoms with Crippen LogP contribution in [0.15, 0.2) is 30.7 Å². The fourth-order valence-corrected chi connectivity index (χ4v) is 2.68. The van der Waals surface area contributed by atoms with Crippen molar-refractivity contribution in [2.24, 2.45) is 7.05 Å². The number of rotatable bonds is 5. The van der Waals surface area contributed by atoms with Gasteiger partial charge in [0, 0.05) is 18.7 Å². The van der Waals surface area contributed by atoms with Gasteiger partial charge in [-0.15, -0.1) is 0 Å². The van der Waals surface area contributed by atoms with Gasteiger partial charge in [0.1, 0.15) is 17.6 Å². The van der Waals surface area contributed by atoms with Gasteiger partial charge in [0.05, 0.1) is 42.0 Å². The maximum atomic E-state index is 14.2.